The molecule has 61 heavy (non-hydrogen) atoms. The van der Waals surface area contributed by atoms with Gasteiger partial charge in [-0.2, -0.15) is 0 Å². The third kappa shape index (κ3) is 8.12. The molecule has 2 aliphatic heterocycles. The van der Waals surface area contributed by atoms with Gasteiger partial charge in [0, 0.05) is 24.2 Å². The lowest BCUT2D eigenvalue weighted by Crippen LogP contribution is -2.58. The van der Waals surface area contributed by atoms with E-state index in [2.05, 4.69) is 80.5 Å². The van der Waals surface area contributed by atoms with Crippen LogP contribution in [-0.4, -0.2) is 88.3 Å². The van der Waals surface area contributed by atoms with E-state index in [0.29, 0.717) is 19.6 Å². The van der Waals surface area contributed by atoms with Gasteiger partial charge in [-0.15, -0.1) is 0 Å². The number of aromatic nitrogens is 4. The molecule has 0 spiro atoms. The summed E-state index contributed by atoms with van der Waals surface area (Å²) in [6.07, 6.45) is 3.41. The van der Waals surface area contributed by atoms with Crippen LogP contribution in [-0.2, 0) is 31.0 Å². The number of carbonyl (C=O) groups excluding carboxylic acids is 4. The zero-order valence-electron chi connectivity index (χ0n) is 35.5. The van der Waals surface area contributed by atoms with Crippen molar-refractivity contribution in [2.45, 2.75) is 89.9 Å². The minimum atomic E-state index is -0.746. The van der Waals surface area contributed by atoms with E-state index in [0.717, 1.165) is 99.7 Å². The molecule has 3 aliphatic rings. The number of methoxy groups -OCH3 is 2. The van der Waals surface area contributed by atoms with Gasteiger partial charge >= 0.3 is 12.2 Å². The molecule has 2 fully saturated rings. The fourth-order valence-corrected chi connectivity index (χ4v) is 8.72. The van der Waals surface area contributed by atoms with Crippen molar-refractivity contribution in [2.24, 2.45) is 11.8 Å². The molecular formula is C46H54N8O7. The molecule has 2 aromatic heterocycles. The van der Waals surface area contributed by atoms with Crippen LogP contribution in [0.5, 0.6) is 5.75 Å². The largest absolute Gasteiger partial charge is 0.492 e. The van der Waals surface area contributed by atoms with Crippen LogP contribution in [0.4, 0.5) is 9.59 Å². The number of aromatic amines is 2. The number of nitrogens with zero attached hydrogens (tertiary/aromatic N) is 3. The molecule has 4 heterocycles. The molecule has 5 N–H and O–H groups in total. The first-order valence-corrected chi connectivity index (χ1v) is 21.2. The average Bonchev–Trinajstić information content (AvgIpc) is 3.99. The highest BCUT2D eigenvalue weighted by Crippen LogP contribution is 2.44. The monoisotopic (exact) mass is 830 g/mol. The van der Waals surface area contributed by atoms with Crippen molar-refractivity contribution < 1.29 is 33.4 Å². The smallest absolute Gasteiger partial charge is 0.407 e. The third-order valence-corrected chi connectivity index (χ3v) is 12.4. The Bertz CT molecular complexity index is 2450. The van der Waals surface area contributed by atoms with Gasteiger partial charge in [0.15, 0.2) is 0 Å². The van der Waals surface area contributed by atoms with Gasteiger partial charge in [-0.3, -0.25) is 9.59 Å². The Morgan fingerprint density at radius 1 is 0.803 bits per heavy atom. The summed E-state index contributed by atoms with van der Waals surface area (Å²) in [7, 11) is 2.58. The summed E-state index contributed by atoms with van der Waals surface area (Å²) < 4.78 is 15.8. The van der Waals surface area contributed by atoms with Crippen LogP contribution in [0.25, 0.3) is 44.5 Å². The van der Waals surface area contributed by atoms with E-state index in [1.54, 1.807) is 0 Å². The molecule has 0 radical (unpaired) electrons. The molecule has 15 nitrogen and oxygen atoms in total. The molecule has 1 saturated carbocycles. The number of hydrogen-bond donors (Lipinski definition) is 5. The lowest BCUT2D eigenvalue weighted by molar-refractivity contribution is -0.135. The van der Waals surface area contributed by atoms with Gasteiger partial charge in [0.1, 0.15) is 29.5 Å². The first kappa shape index (κ1) is 41.4. The van der Waals surface area contributed by atoms with Crippen molar-refractivity contribution in [1.29, 1.82) is 0 Å². The van der Waals surface area contributed by atoms with E-state index in [-0.39, 0.29) is 29.7 Å². The predicted molar refractivity (Wildman–Crippen MR) is 229 cm³/mol. The molecule has 1 aliphatic carbocycles. The Balaban J connectivity index is 0.985. The number of hydrogen-bond acceptors (Lipinski definition) is 9. The molecule has 1 saturated heterocycles. The van der Waals surface area contributed by atoms with E-state index < -0.39 is 29.8 Å². The van der Waals surface area contributed by atoms with Gasteiger partial charge in [-0.25, -0.2) is 19.6 Å². The van der Waals surface area contributed by atoms with E-state index >= 15 is 0 Å². The van der Waals surface area contributed by atoms with Crippen molar-refractivity contribution in [3.8, 4) is 39.3 Å². The summed E-state index contributed by atoms with van der Waals surface area (Å²) in [5.41, 5.74) is 7.84. The number of rotatable bonds is 11. The Kier molecular flexibility index (Phi) is 11.5. The van der Waals surface area contributed by atoms with Crippen LogP contribution in [0.3, 0.4) is 0 Å². The summed E-state index contributed by atoms with van der Waals surface area (Å²) in [5.74, 6) is 1.53. The van der Waals surface area contributed by atoms with E-state index in [1.165, 1.54) is 14.2 Å². The van der Waals surface area contributed by atoms with Crippen LogP contribution in [0, 0.1) is 11.8 Å². The minimum absolute atomic E-state index is 0.112. The molecule has 3 aromatic carbocycles. The number of nitrogens with one attached hydrogen (secondary N) is 5. The Hall–Kier alpha value is -6.38. The molecule has 3 atom stereocenters. The van der Waals surface area contributed by atoms with E-state index in [1.807, 2.05) is 38.7 Å². The zero-order chi connectivity index (χ0) is 43.0. The van der Waals surface area contributed by atoms with Crippen LogP contribution in [0.15, 0.2) is 60.7 Å². The lowest BCUT2D eigenvalue weighted by atomic mass is 9.75. The second-order valence-corrected chi connectivity index (χ2v) is 17.0. The number of fused-ring (bicyclic) bond motifs is 4. The standard InChI is InChI=1S/C46H54N8O7/c1-25(2)37(51-44(57)59-5)41(55)53-46(19-8-20-46)43-49-33-18-22-61-36-24-30(14-16-31(36)39(33)50-43)28-12-10-27(11-13-28)29-15-17-32-34(23-29)48-40(47-32)35-9-7-21-54(35)42(56)38(26(3)4)52-45(58)60-6/h10-17,23-26,35,37-38H,7-9,18-22H2,1-6H3,(H,47,48)(H,49,50)(H,51,57)(H,52,58)(H,53,55)/t35-,37-,38-/m0/s1. The van der Waals surface area contributed by atoms with Gasteiger partial charge < -0.3 is 45.0 Å². The third-order valence-electron chi connectivity index (χ3n) is 12.4. The number of ether oxygens (including phenoxy) is 3. The molecule has 4 amide bonds. The number of carbonyl (C=O) groups is 4. The highest BCUT2D eigenvalue weighted by molar-refractivity contribution is 5.88. The maximum absolute atomic E-state index is 13.7. The fourth-order valence-electron chi connectivity index (χ4n) is 8.72. The predicted octanol–water partition coefficient (Wildman–Crippen LogP) is 7.14. The molecule has 15 heteroatoms. The van der Waals surface area contributed by atoms with Crippen LogP contribution >= 0.6 is 0 Å². The van der Waals surface area contributed by atoms with Gasteiger partial charge in [0.05, 0.1) is 49.1 Å². The molecule has 8 rings (SSSR count). The van der Waals surface area contributed by atoms with Crippen molar-refractivity contribution in [3.05, 3.63) is 78.0 Å². The van der Waals surface area contributed by atoms with Crippen molar-refractivity contribution in [3.63, 3.8) is 0 Å². The first-order valence-electron chi connectivity index (χ1n) is 21.2. The number of imidazole rings is 2. The maximum Gasteiger partial charge on any atom is 0.407 e. The van der Waals surface area contributed by atoms with Crippen LogP contribution in [0.1, 0.15) is 83.2 Å². The Labute approximate surface area is 354 Å². The van der Waals surface area contributed by atoms with E-state index in [9.17, 15) is 19.2 Å². The molecule has 5 aromatic rings. The van der Waals surface area contributed by atoms with Crippen molar-refractivity contribution >= 4 is 35.0 Å². The van der Waals surface area contributed by atoms with Gasteiger partial charge in [0.25, 0.3) is 0 Å². The normalized spacial score (nSPS) is 17.6. The van der Waals surface area contributed by atoms with E-state index in [4.69, 9.17) is 24.2 Å². The number of H-pyrrole nitrogens is 2. The summed E-state index contributed by atoms with van der Waals surface area (Å²) in [6.45, 7) is 8.64. The highest BCUT2D eigenvalue weighted by atomic mass is 16.5. The van der Waals surface area contributed by atoms with Gasteiger partial charge in [0.2, 0.25) is 11.8 Å². The lowest BCUT2D eigenvalue weighted by Gasteiger charge is -2.42. The second-order valence-electron chi connectivity index (χ2n) is 17.0. The van der Waals surface area contributed by atoms with Crippen molar-refractivity contribution in [1.82, 2.24) is 40.8 Å². The SMILES string of the molecule is COC(=O)N[C@H](C(=O)NC1(c2nc3c([nH]2)CCOc2cc(-c4ccc(-c5ccc6nc([C@@H]7CCCN7C(=O)[C@@H](NC(=O)OC)C(C)C)[nH]c6c5)cc4)ccc2-3)CCC1)C(C)C. The molecule has 0 bridgehead atoms. The number of amides is 4. The van der Waals surface area contributed by atoms with Crippen molar-refractivity contribution in [2.75, 3.05) is 27.4 Å². The average molecular weight is 831 g/mol. The second kappa shape index (κ2) is 16.9. The van der Waals surface area contributed by atoms with Gasteiger partial charge in [-0.05, 0) is 90.5 Å². The first-order chi connectivity index (χ1) is 29.4. The summed E-state index contributed by atoms with van der Waals surface area (Å²) in [5, 5.41) is 8.61. The Morgan fingerprint density at radius 2 is 1.44 bits per heavy atom. The number of benzene rings is 3. The zero-order valence-corrected chi connectivity index (χ0v) is 35.5. The summed E-state index contributed by atoms with van der Waals surface area (Å²) in [6, 6.07) is 19.1. The highest BCUT2D eigenvalue weighted by Gasteiger charge is 2.45. The molecular weight excluding hydrogens is 777 g/mol. The summed E-state index contributed by atoms with van der Waals surface area (Å²) in [4.78, 5) is 70.0. The topological polar surface area (TPSA) is 193 Å². The van der Waals surface area contributed by atoms with Gasteiger partial charge in [-0.1, -0.05) is 64.1 Å². The summed E-state index contributed by atoms with van der Waals surface area (Å²) >= 11 is 0. The Morgan fingerprint density at radius 3 is 2.08 bits per heavy atom. The maximum atomic E-state index is 13.7. The fraction of sp³-hybridized carbons (Fsp3) is 0.435. The molecule has 0 unspecified atom stereocenters. The number of alkyl carbamates (subject to hydrolysis) is 2. The number of likely N-dealkylation sites (tertiary alicyclic amines) is 1. The van der Waals surface area contributed by atoms with Crippen LogP contribution in [0.2, 0.25) is 0 Å². The quantitative estimate of drug-likeness (QED) is 0.0920. The minimum Gasteiger partial charge on any atom is -0.492 e. The van der Waals surface area contributed by atoms with Crippen LogP contribution < -0.4 is 20.7 Å². The molecule has 320 valence electrons.